The number of amides is 1. The van der Waals surface area contributed by atoms with Gasteiger partial charge in [0, 0.05) is 33.4 Å². The van der Waals surface area contributed by atoms with Gasteiger partial charge in [0.15, 0.2) is 0 Å². The number of nitrogens with zero attached hydrogens (tertiary/aromatic N) is 4. The van der Waals surface area contributed by atoms with E-state index >= 15 is 0 Å². The molecule has 128 valence electrons. The van der Waals surface area contributed by atoms with E-state index < -0.39 is 11.2 Å². The smallest absolute Gasteiger partial charge is 0.332 e. The van der Waals surface area contributed by atoms with Crippen LogP contribution >= 0.6 is 0 Å². The van der Waals surface area contributed by atoms with Crippen molar-refractivity contribution in [2.75, 3.05) is 13.1 Å². The van der Waals surface area contributed by atoms with Crippen molar-refractivity contribution in [2.45, 2.75) is 26.1 Å². The summed E-state index contributed by atoms with van der Waals surface area (Å²) in [5.74, 6) is -0.192. The summed E-state index contributed by atoms with van der Waals surface area (Å²) in [5, 5.41) is 0.250. The minimum absolute atomic E-state index is 0.0418. The fourth-order valence-electron chi connectivity index (χ4n) is 3.11. The standard InChI is InChI=1S/C16H20N4O4/c1-9-7-20(8-10(2)24-9)14(21)11-5-12-13(17-6-11)18(3)16(23)19(4)15(12)22/h5-6,9-10H,7-8H2,1-4H3/t9-,10-/m0/s1. The topological polar surface area (TPSA) is 86.4 Å². The molecule has 0 bridgehead atoms. The first-order valence-electron chi connectivity index (χ1n) is 7.80. The van der Waals surface area contributed by atoms with Crippen LogP contribution in [0.1, 0.15) is 24.2 Å². The van der Waals surface area contributed by atoms with Crippen LogP contribution in [0, 0.1) is 0 Å². The zero-order valence-corrected chi connectivity index (χ0v) is 14.1. The summed E-state index contributed by atoms with van der Waals surface area (Å²) < 4.78 is 7.94. The van der Waals surface area contributed by atoms with Crippen LogP contribution in [0.2, 0.25) is 0 Å². The van der Waals surface area contributed by atoms with Gasteiger partial charge in [0.25, 0.3) is 11.5 Å². The summed E-state index contributed by atoms with van der Waals surface area (Å²) in [4.78, 5) is 42.9. The van der Waals surface area contributed by atoms with E-state index in [4.69, 9.17) is 4.74 Å². The lowest BCUT2D eigenvalue weighted by atomic mass is 10.1. The Kier molecular flexibility index (Phi) is 4.00. The highest BCUT2D eigenvalue weighted by atomic mass is 16.5. The fraction of sp³-hybridized carbons (Fsp3) is 0.500. The Labute approximate surface area is 138 Å². The lowest BCUT2D eigenvalue weighted by Gasteiger charge is -2.35. The van der Waals surface area contributed by atoms with Gasteiger partial charge in [0.05, 0.1) is 23.2 Å². The quantitative estimate of drug-likeness (QED) is 0.727. The normalized spacial score (nSPS) is 21.2. The van der Waals surface area contributed by atoms with Crippen LogP contribution in [-0.4, -0.2) is 50.2 Å². The Morgan fingerprint density at radius 3 is 2.42 bits per heavy atom. The lowest BCUT2D eigenvalue weighted by Crippen LogP contribution is -2.48. The molecule has 8 heteroatoms. The van der Waals surface area contributed by atoms with Crippen molar-refractivity contribution >= 4 is 16.9 Å². The molecule has 2 atom stereocenters. The first-order valence-corrected chi connectivity index (χ1v) is 7.80. The molecule has 2 aromatic rings. The molecule has 1 fully saturated rings. The van der Waals surface area contributed by atoms with Gasteiger partial charge < -0.3 is 9.64 Å². The second-order valence-electron chi connectivity index (χ2n) is 6.27. The van der Waals surface area contributed by atoms with Crippen LogP contribution in [0.15, 0.2) is 21.9 Å². The first-order chi connectivity index (χ1) is 11.3. The van der Waals surface area contributed by atoms with Crippen molar-refractivity contribution in [1.82, 2.24) is 19.0 Å². The average Bonchev–Trinajstić information content (AvgIpc) is 2.56. The average molecular weight is 332 g/mol. The van der Waals surface area contributed by atoms with Crippen molar-refractivity contribution < 1.29 is 9.53 Å². The molecule has 0 N–H and O–H groups in total. The molecular weight excluding hydrogens is 312 g/mol. The molecule has 24 heavy (non-hydrogen) atoms. The number of pyridine rings is 1. The highest BCUT2D eigenvalue weighted by Crippen LogP contribution is 2.15. The maximum Gasteiger partial charge on any atom is 0.332 e. The number of fused-ring (bicyclic) bond motifs is 1. The van der Waals surface area contributed by atoms with E-state index in [1.54, 1.807) is 11.9 Å². The van der Waals surface area contributed by atoms with Gasteiger partial charge in [-0.15, -0.1) is 0 Å². The summed E-state index contributed by atoms with van der Waals surface area (Å²) in [7, 11) is 2.95. The predicted molar refractivity (Wildman–Crippen MR) is 88.1 cm³/mol. The molecule has 2 aromatic heterocycles. The molecule has 0 radical (unpaired) electrons. The molecule has 1 saturated heterocycles. The Morgan fingerprint density at radius 2 is 1.79 bits per heavy atom. The predicted octanol–water partition coefficient (Wildman–Crippen LogP) is -0.118. The van der Waals surface area contributed by atoms with Gasteiger partial charge in [0.2, 0.25) is 0 Å². The van der Waals surface area contributed by atoms with Gasteiger partial charge in [-0.1, -0.05) is 0 Å². The molecule has 0 aliphatic carbocycles. The zero-order chi connectivity index (χ0) is 17.6. The third-order valence-corrected chi connectivity index (χ3v) is 4.25. The van der Waals surface area contributed by atoms with Gasteiger partial charge in [0.1, 0.15) is 5.65 Å². The molecule has 0 aromatic carbocycles. The van der Waals surface area contributed by atoms with Gasteiger partial charge in [-0.05, 0) is 19.9 Å². The highest BCUT2D eigenvalue weighted by molar-refractivity contribution is 5.96. The van der Waals surface area contributed by atoms with Gasteiger partial charge in [-0.25, -0.2) is 9.78 Å². The number of carbonyl (C=O) groups is 1. The van der Waals surface area contributed by atoms with Crippen LogP contribution < -0.4 is 11.2 Å². The molecule has 0 spiro atoms. The van der Waals surface area contributed by atoms with E-state index in [9.17, 15) is 14.4 Å². The van der Waals surface area contributed by atoms with E-state index in [0.29, 0.717) is 18.7 Å². The number of carbonyl (C=O) groups excluding carboxylic acids is 1. The SMILES string of the molecule is C[C@H]1CN(C(=O)c2cnc3c(c2)c(=O)n(C)c(=O)n3C)C[C@H](C)O1. The van der Waals surface area contributed by atoms with Crippen LogP contribution in [0.5, 0.6) is 0 Å². The molecule has 0 unspecified atom stereocenters. The number of ether oxygens (including phenoxy) is 1. The van der Waals surface area contributed by atoms with Crippen molar-refractivity contribution in [3.05, 3.63) is 38.7 Å². The van der Waals surface area contributed by atoms with Crippen LogP contribution in [0.3, 0.4) is 0 Å². The van der Waals surface area contributed by atoms with Crippen molar-refractivity contribution in [3.8, 4) is 0 Å². The summed E-state index contributed by atoms with van der Waals surface area (Å²) in [5.41, 5.74) is -0.309. The zero-order valence-electron chi connectivity index (χ0n) is 14.1. The second kappa shape index (κ2) is 5.86. The van der Waals surface area contributed by atoms with Crippen molar-refractivity contribution in [1.29, 1.82) is 0 Å². The largest absolute Gasteiger partial charge is 0.372 e. The molecule has 1 amide bonds. The second-order valence-corrected chi connectivity index (χ2v) is 6.27. The van der Waals surface area contributed by atoms with E-state index in [1.165, 1.54) is 23.9 Å². The molecule has 8 nitrogen and oxygen atoms in total. The van der Waals surface area contributed by atoms with E-state index in [1.807, 2.05) is 13.8 Å². The van der Waals surface area contributed by atoms with E-state index in [2.05, 4.69) is 4.98 Å². The maximum absolute atomic E-state index is 12.7. The summed E-state index contributed by atoms with van der Waals surface area (Å²) in [6, 6.07) is 1.51. The Morgan fingerprint density at radius 1 is 1.17 bits per heavy atom. The number of aromatic nitrogens is 3. The molecular formula is C16H20N4O4. The van der Waals surface area contributed by atoms with Crippen LogP contribution in [0.25, 0.3) is 11.0 Å². The summed E-state index contributed by atoms with van der Waals surface area (Å²) in [6.07, 6.45) is 1.33. The van der Waals surface area contributed by atoms with Gasteiger partial charge in [-0.3, -0.25) is 18.7 Å². The van der Waals surface area contributed by atoms with E-state index in [-0.39, 0.29) is 29.1 Å². The van der Waals surface area contributed by atoms with Crippen LogP contribution in [0.4, 0.5) is 0 Å². The molecule has 3 rings (SSSR count). The summed E-state index contributed by atoms with van der Waals surface area (Å²) in [6.45, 7) is 4.82. The number of hydrogen-bond donors (Lipinski definition) is 0. The monoisotopic (exact) mass is 332 g/mol. The van der Waals surface area contributed by atoms with Crippen molar-refractivity contribution in [3.63, 3.8) is 0 Å². The van der Waals surface area contributed by atoms with E-state index in [0.717, 1.165) is 4.57 Å². The maximum atomic E-state index is 12.7. The number of hydrogen-bond acceptors (Lipinski definition) is 5. The number of aryl methyl sites for hydroxylation is 1. The fourth-order valence-corrected chi connectivity index (χ4v) is 3.11. The molecule has 3 heterocycles. The molecule has 1 aliphatic rings. The molecule has 0 saturated carbocycles. The third-order valence-electron chi connectivity index (χ3n) is 4.25. The highest BCUT2D eigenvalue weighted by Gasteiger charge is 2.27. The Bertz CT molecular complexity index is 920. The lowest BCUT2D eigenvalue weighted by molar-refractivity contribution is -0.0586. The van der Waals surface area contributed by atoms with Crippen LogP contribution in [-0.2, 0) is 18.8 Å². The van der Waals surface area contributed by atoms with Gasteiger partial charge >= 0.3 is 5.69 Å². The number of rotatable bonds is 1. The van der Waals surface area contributed by atoms with Crippen molar-refractivity contribution in [2.24, 2.45) is 14.1 Å². The minimum atomic E-state index is -0.459. The summed E-state index contributed by atoms with van der Waals surface area (Å²) >= 11 is 0. The molecule has 1 aliphatic heterocycles. The Balaban J connectivity index is 2.07. The van der Waals surface area contributed by atoms with Gasteiger partial charge in [-0.2, -0.15) is 0 Å². The first kappa shape index (κ1) is 16.4. The third kappa shape index (κ3) is 2.62. The minimum Gasteiger partial charge on any atom is -0.372 e. The number of morpholine rings is 1. The Hall–Kier alpha value is -2.48.